The summed E-state index contributed by atoms with van der Waals surface area (Å²) in [6, 6.07) is 0.0436. The van der Waals surface area contributed by atoms with E-state index in [1.807, 2.05) is 22.9 Å². The van der Waals surface area contributed by atoms with Crippen LogP contribution in [0.25, 0.3) is 4.96 Å². The molecule has 106 valence electrons. The summed E-state index contributed by atoms with van der Waals surface area (Å²) >= 11 is 1.64. The van der Waals surface area contributed by atoms with Gasteiger partial charge in [0.15, 0.2) is 4.96 Å². The van der Waals surface area contributed by atoms with Crippen LogP contribution in [0.15, 0.2) is 17.8 Å². The highest BCUT2D eigenvalue weighted by Gasteiger charge is 2.33. The third-order valence-corrected chi connectivity index (χ3v) is 4.44. The molecule has 6 heteroatoms. The van der Waals surface area contributed by atoms with Crippen LogP contribution in [-0.2, 0) is 11.2 Å². The maximum Gasteiger partial charge on any atom is 0.193 e. The Hall–Kier alpha value is -0.950. The van der Waals surface area contributed by atoms with Crippen LogP contribution in [0.4, 0.5) is 0 Å². The molecular formula is C13H22N4OS. The lowest BCUT2D eigenvalue weighted by Crippen LogP contribution is -2.54. The fourth-order valence-corrected chi connectivity index (χ4v) is 3.03. The summed E-state index contributed by atoms with van der Waals surface area (Å²) in [4.78, 5) is 5.61. The average Bonchev–Trinajstić information content (AvgIpc) is 2.96. The zero-order chi connectivity index (χ0) is 13.9. The third-order valence-electron chi connectivity index (χ3n) is 3.67. The van der Waals surface area contributed by atoms with E-state index in [0.717, 1.165) is 23.5 Å². The third kappa shape index (κ3) is 2.97. The molecule has 19 heavy (non-hydrogen) atoms. The Morgan fingerprint density at radius 2 is 2.37 bits per heavy atom. The standard InChI is InChI=1S/C13H22N4OS/c1-4-13(3,18-5-2)11(16-14)8-10-9-17-6-7-19-12(17)15-10/h6-7,9,11,16H,4-5,8,14H2,1-3H3. The van der Waals surface area contributed by atoms with Crippen molar-refractivity contribution in [3.05, 3.63) is 23.5 Å². The first kappa shape index (κ1) is 14.5. The van der Waals surface area contributed by atoms with Gasteiger partial charge in [-0.05, 0) is 20.3 Å². The lowest BCUT2D eigenvalue weighted by atomic mass is 9.90. The number of hydrazine groups is 1. The van der Waals surface area contributed by atoms with Gasteiger partial charge in [-0.15, -0.1) is 11.3 Å². The molecule has 2 unspecified atom stereocenters. The van der Waals surface area contributed by atoms with E-state index in [9.17, 15) is 0 Å². The highest BCUT2D eigenvalue weighted by molar-refractivity contribution is 7.15. The van der Waals surface area contributed by atoms with Crippen molar-refractivity contribution in [1.29, 1.82) is 0 Å². The van der Waals surface area contributed by atoms with Gasteiger partial charge in [-0.1, -0.05) is 6.92 Å². The minimum absolute atomic E-state index is 0.0436. The van der Waals surface area contributed by atoms with Gasteiger partial charge in [0.25, 0.3) is 0 Å². The fraction of sp³-hybridized carbons (Fsp3) is 0.615. The minimum atomic E-state index is -0.277. The SMILES string of the molecule is CCOC(C)(CC)C(Cc1cn2ccsc2n1)NN. The van der Waals surface area contributed by atoms with E-state index in [2.05, 4.69) is 30.5 Å². The second kappa shape index (κ2) is 6.00. The molecule has 0 aromatic carbocycles. The number of imidazole rings is 1. The van der Waals surface area contributed by atoms with Crippen LogP contribution in [0.1, 0.15) is 32.9 Å². The molecule has 2 aromatic rings. The van der Waals surface area contributed by atoms with Crippen LogP contribution in [0.3, 0.4) is 0 Å². The smallest absolute Gasteiger partial charge is 0.193 e. The maximum atomic E-state index is 5.88. The summed E-state index contributed by atoms with van der Waals surface area (Å²) in [5.74, 6) is 5.72. The quantitative estimate of drug-likeness (QED) is 0.602. The Kier molecular flexibility index (Phi) is 4.57. The van der Waals surface area contributed by atoms with E-state index in [1.165, 1.54) is 0 Å². The number of hydrogen-bond donors (Lipinski definition) is 2. The molecule has 0 aliphatic rings. The van der Waals surface area contributed by atoms with E-state index < -0.39 is 0 Å². The molecule has 0 bridgehead atoms. The van der Waals surface area contributed by atoms with E-state index >= 15 is 0 Å². The number of fused-ring (bicyclic) bond motifs is 1. The summed E-state index contributed by atoms with van der Waals surface area (Å²) in [7, 11) is 0. The molecule has 0 fully saturated rings. The molecule has 0 saturated heterocycles. The number of rotatable bonds is 7. The molecule has 0 spiro atoms. The highest BCUT2D eigenvalue weighted by atomic mass is 32.1. The summed E-state index contributed by atoms with van der Waals surface area (Å²) in [6.07, 6.45) is 5.73. The lowest BCUT2D eigenvalue weighted by molar-refractivity contribution is -0.0552. The van der Waals surface area contributed by atoms with Crippen molar-refractivity contribution in [2.45, 2.75) is 45.3 Å². The average molecular weight is 282 g/mol. The molecular weight excluding hydrogens is 260 g/mol. The number of thiazole rings is 1. The van der Waals surface area contributed by atoms with Crippen molar-refractivity contribution in [3.8, 4) is 0 Å². The summed E-state index contributed by atoms with van der Waals surface area (Å²) in [6.45, 7) is 6.90. The van der Waals surface area contributed by atoms with E-state index in [1.54, 1.807) is 11.3 Å². The molecule has 2 atom stereocenters. The van der Waals surface area contributed by atoms with E-state index in [0.29, 0.717) is 6.61 Å². The van der Waals surface area contributed by atoms with Crippen LogP contribution in [0.5, 0.6) is 0 Å². The van der Waals surface area contributed by atoms with Crippen LogP contribution in [0, 0.1) is 0 Å². The topological polar surface area (TPSA) is 64.6 Å². The number of aromatic nitrogens is 2. The van der Waals surface area contributed by atoms with Gasteiger partial charge in [-0.3, -0.25) is 15.7 Å². The molecule has 0 saturated carbocycles. The molecule has 0 amide bonds. The lowest BCUT2D eigenvalue weighted by Gasteiger charge is -2.36. The van der Waals surface area contributed by atoms with Crippen molar-refractivity contribution in [2.24, 2.45) is 5.84 Å². The maximum absolute atomic E-state index is 5.88. The largest absolute Gasteiger partial charge is 0.374 e. The molecule has 5 nitrogen and oxygen atoms in total. The molecule has 3 N–H and O–H groups in total. The van der Waals surface area contributed by atoms with Gasteiger partial charge < -0.3 is 4.74 Å². The Balaban J connectivity index is 2.15. The van der Waals surface area contributed by atoms with Crippen molar-refractivity contribution in [1.82, 2.24) is 14.8 Å². The molecule has 0 radical (unpaired) electrons. The van der Waals surface area contributed by atoms with Crippen molar-refractivity contribution in [2.75, 3.05) is 6.61 Å². The molecule has 2 aromatic heterocycles. The number of nitrogens with two attached hydrogens (primary N) is 1. The first-order valence-electron chi connectivity index (χ1n) is 6.64. The van der Waals surface area contributed by atoms with E-state index in [-0.39, 0.29) is 11.6 Å². The predicted octanol–water partition coefficient (Wildman–Crippen LogP) is 1.98. The fourth-order valence-electron chi connectivity index (χ4n) is 2.31. The Bertz CT molecular complexity index is 495. The molecule has 0 aliphatic heterocycles. The first-order valence-corrected chi connectivity index (χ1v) is 7.52. The van der Waals surface area contributed by atoms with Gasteiger partial charge in [-0.25, -0.2) is 4.98 Å². The number of ether oxygens (including phenoxy) is 1. The summed E-state index contributed by atoms with van der Waals surface area (Å²) in [5.41, 5.74) is 3.65. The van der Waals surface area contributed by atoms with Crippen molar-refractivity contribution < 1.29 is 4.74 Å². The van der Waals surface area contributed by atoms with E-state index in [4.69, 9.17) is 10.6 Å². The van der Waals surface area contributed by atoms with Gasteiger partial charge in [0.05, 0.1) is 17.3 Å². The molecule has 2 heterocycles. The molecule has 2 rings (SSSR count). The zero-order valence-electron chi connectivity index (χ0n) is 11.7. The van der Waals surface area contributed by atoms with Gasteiger partial charge >= 0.3 is 0 Å². The predicted molar refractivity (Wildman–Crippen MR) is 78.2 cm³/mol. The van der Waals surface area contributed by atoms with Crippen LogP contribution < -0.4 is 11.3 Å². The van der Waals surface area contributed by atoms with Crippen molar-refractivity contribution in [3.63, 3.8) is 0 Å². The van der Waals surface area contributed by atoms with Gasteiger partial charge in [0.2, 0.25) is 0 Å². The van der Waals surface area contributed by atoms with Gasteiger partial charge in [0.1, 0.15) is 0 Å². The van der Waals surface area contributed by atoms with Gasteiger partial charge in [-0.2, -0.15) is 0 Å². The Morgan fingerprint density at radius 3 is 2.95 bits per heavy atom. The van der Waals surface area contributed by atoms with Crippen LogP contribution >= 0.6 is 11.3 Å². The highest BCUT2D eigenvalue weighted by Crippen LogP contribution is 2.23. The Labute approximate surface area is 117 Å². The Morgan fingerprint density at radius 1 is 1.58 bits per heavy atom. The number of nitrogens with one attached hydrogen (secondary N) is 1. The monoisotopic (exact) mass is 282 g/mol. The minimum Gasteiger partial charge on any atom is -0.374 e. The number of nitrogens with zero attached hydrogens (tertiary/aromatic N) is 2. The van der Waals surface area contributed by atoms with Crippen molar-refractivity contribution >= 4 is 16.3 Å². The summed E-state index contributed by atoms with van der Waals surface area (Å²) < 4.78 is 7.92. The van der Waals surface area contributed by atoms with Crippen LogP contribution in [-0.4, -0.2) is 27.6 Å². The van der Waals surface area contributed by atoms with Crippen LogP contribution in [0.2, 0.25) is 0 Å². The molecule has 0 aliphatic carbocycles. The second-order valence-electron chi connectivity index (χ2n) is 4.85. The normalized spacial score (nSPS) is 16.6. The number of hydrogen-bond acceptors (Lipinski definition) is 5. The van der Waals surface area contributed by atoms with Gasteiger partial charge in [0, 0.05) is 30.8 Å². The zero-order valence-corrected chi connectivity index (χ0v) is 12.5. The second-order valence-corrected chi connectivity index (χ2v) is 5.72. The first-order chi connectivity index (χ1) is 9.12. The summed E-state index contributed by atoms with van der Waals surface area (Å²) in [5, 5.41) is 2.03.